The summed E-state index contributed by atoms with van der Waals surface area (Å²) in [6.45, 7) is 2.92. The summed E-state index contributed by atoms with van der Waals surface area (Å²) >= 11 is 9.03. The molecule has 1 N–H and O–H groups in total. The van der Waals surface area contributed by atoms with Crippen LogP contribution in [0.4, 0.5) is 0 Å². The van der Waals surface area contributed by atoms with Gasteiger partial charge in [0, 0.05) is 18.3 Å². The van der Waals surface area contributed by atoms with Crippen LogP contribution in [-0.4, -0.2) is 52.0 Å². The van der Waals surface area contributed by atoms with Crippen LogP contribution in [0.5, 0.6) is 0 Å². The van der Waals surface area contributed by atoms with E-state index in [9.17, 15) is 5.11 Å². The molecule has 1 aliphatic rings. The van der Waals surface area contributed by atoms with E-state index in [0.29, 0.717) is 16.3 Å². The van der Waals surface area contributed by atoms with E-state index in [2.05, 4.69) is 31.0 Å². The van der Waals surface area contributed by atoms with Crippen molar-refractivity contribution in [2.24, 2.45) is 5.16 Å². The molecule has 2 rings (SSSR count). The molecule has 1 fully saturated rings. The number of β-amino-alcohol motifs (C(OH)–C–C–N with tert-alkyl or cyclic N) is 1. The van der Waals surface area contributed by atoms with Crippen LogP contribution < -0.4 is 0 Å². The summed E-state index contributed by atoms with van der Waals surface area (Å²) in [5.41, 5.74) is 0.768. The fourth-order valence-corrected chi connectivity index (χ4v) is 2.67. The molecule has 0 spiro atoms. The van der Waals surface area contributed by atoms with E-state index in [4.69, 9.17) is 16.4 Å². The minimum Gasteiger partial charge on any atom is -0.392 e. The second-order valence-electron chi connectivity index (χ2n) is 5.06. The highest BCUT2D eigenvalue weighted by Gasteiger charge is 2.15. The van der Waals surface area contributed by atoms with Gasteiger partial charge < -0.3 is 14.8 Å². The number of halogens is 2. The van der Waals surface area contributed by atoms with Gasteiger partial charge in [-0.15, -0.1) is 0 Å². The zero-order valence-corrected chi connectivity index (χ0v) is 14.1. The van der Waals surface area contributed by atoms with Crippen LogP contribution >= 0.6 is 27.5 Å². The number of aromatic nitrogens is 1. The molecule has 21 heavy (non-hydrogen) atoms. The van der Waals surface area contributed by atoms with Gasteiger partial charge in [-0.2, -0.15) is 0 Å². The second kappa shape index (κ2) is 8.68. The van der Waals surface area contributed by atoms with Crippen molar-refractivity contribution in [3.63, 3.8) is 0 Å². The van der Waals surface area contributed by atoms with Gasteiger partial charge in [0.25, 0.3) is 0 Å². The van der Waals surface area contributed by atoms with Crippen LogP contribution in [0, 0.1) is 0 Å². The zero-order chi connectivity index (χ0) is 15.1. The molecule has 0 bridgehead atoms. The van der Waals surface area contributed by atoms with E-state index >= 15 is 0 Å². The Kier molecular flexibility index (Phi) is 6.89. The molecular weight excluding hydrogens is 358 g/mol. The van der Waals surface area contributed by atoms with Crippen molar-refractivity contribution in [2.45, 2.75) is 25.4 Å². The van der Waals surface area contributed by atoms with Crippen LogP contribution in [0.2, 0.25) is 5.15 Å². The molecule has 0 saturated carbocycles. The van der Waals surface area contributed by atoms with Gasteiger partial charge in [-0.3, -0.25) is 0 Å². The summed E-state index contributed by atoms with van der Waals surface area (Å²) in [5, 5.41) is 14.3. The quantitative estimate of drug-likeness (QED) is 0.471. The molecule has 0 aromatic carbocycles. The maximum Gasteiger partial charge on any atom is 0.154 e. The van der Waals surface area contributed by atoms with Crippen molar-refractivity contribution >= 4 is 32.2 Å². The van der Waals surface area contributed by atoms with Gasteiger partial charge in [0.05, 0.1) is 0 Å². The topological polar surface area (TPSA) is 58.0 Å². The van der Waals surface area contributed by atoms with Crippen LogP contribution in [0.25, 0.3) is 0 Å². The lowest BCUT2D eigenvalue weighted by molar-refractivity contribution is 0.0162. The highest BCUT2D eigenvalue weighted by atomic mass is 79.9. The van der Waals surface area contributed by atoms with Gasteiger partial charge in [0.1, 0.15) is 17.9 Å². The Morgan fingerprint density at radius 2 is 2.19 bits per heavy atom. The molecule has 5 nitrogen and oxygen atoms in total. The Bertz CT molecular complexity index is 464. The van der Waals surface area contributed by atoms with Crippen molar-refractivity contribution < 1.29 is 9.94 Å². The molecule has 1 saturated heterocycles. The summed E-state index contributed by atoms with van der Waals surface area (Å²) in [6.07, 6.45) is 4.77. The highest BCUT2D eigenvalue weighted by molar-refractivity contribution is 9.18. The smallest absolute Gasteiger partial charge is 0.154 e. The van der Waals surface area contributed by atoms with Crippen molar-refractivity contribution in [1.29, 1.82) is 0 Å². The average Bonchev–Trinajstić information content (AvgIpc) is 2.49. The molecule has 1 aromatic heterocycles. The van der Waals surface area contributed by atoms with Crippen molar-refractivity contribution in [3.8, 4) is 0 Å². The molecule has 0 amide bonds. The Hall–Kier alpha value is -0.690. The van der Waals surface area contributed by atoms with E-state index in [0.717, 1.165) is 18.7 Å². The Balaban J connectivity index is 1.74. The van der Waals surface area contributed by atoms with Gasteiger partial charge in [-0.1, -0.05) is 23.2 Å². The molecule has 1 aliphatic heterocycles. The first-order valence-corrected chi connectivity index (χ1v) is 8.20. The normalized spacial score (nSPS) is 18.5. The molecule has 2 heterocycles. The fraction of sp³-hybridized carbons (Fsp3) is 0.571. The van der Waals surface area contributed by atoms with Crippen LogP contribution in [0.1, 0.15) is 24.8 Å². The number of rotatable bonds is 6. The molecule has 7 heteroatoms. The monoisotopic (exact) mass is 375 g/mol. The minimum absolute atomic E-state index is 0.173. The summed E-state index contributed by atoms with van der Waals surface area (Å²) in [6, 6.07) is 3.47. The fourth-order valence-electron chi connectivity index (χ4n) is 2.22. The first kappa shape index (κ1) is 16.7. The molecular formula is C14H19BrClN3O2. The number of oxime groups is 1. The van der Waals surface area contributed by atoms with Gasteiger partial charge in [0.2, 0.25) is 0 Å². The number of piperidine rings is 1. The number of hydrogen-bond acceptors (Lipinski definition) is 5. The summed E-state index contributed by atoms with van der Waals surface area (Å²) in [4.78, 5) is 11.4. The largest absolute Gasteiger partial charge is 0.392 e. The third-order valence-electron chi connectivity index (χ3n) is 3.29. The predicted molar refractivity (Wildman–Crippen MR) is 87.0 cm³/mol. The molecule has 116 valence electrons. The number of aliphatic hydroxyl groups is 1. The Morgan fingerprint density at radius 1 is 1.43 bits per heavy atom. The summed E-state index contributed by atoms with van der Waals surface area (Å²) in [5.74, 6) is 0. The lowest BCUT2D eigenvalue weighted by Crippen LogP contribution is -2.38. The van der Waals surface area contributed by atoms with E-state index in [1.54, 1.807) is 18.3 Å². The summed E-state index contributed by atoms with van der Waals surface area (Å²) < 4.78 is 0.525. The standard InChI is InChI=1S/C14H19BrClN3O2/c15-14(11-4-5-13(16)17-8-11)18-21-10-12(20)9-19-6-2-1-3-7-19/h4-5,8,12,20H,1-3,6-7,9-10H2/b18-14-. The zero-order valence-electron chi connectivity index (χ0n) is 11.7. The van der Waals surface area contributed by atoms with Crippen molar-refractivity contribution in [1.82, 2.24) is 9.88 Å². The molecule has 0 aliphatic carbocycles. The SMILES string of the molecule is OC(CO/N=C(\Br)c1ccc(Cl)nc1)CN1CCCCC1. The van der Waals surface area contributed by atoms with Crippen molar-refractivity contribution in [3.05, 3.63) is 29.0 Å². The van der Waals surface area contributed by atoms with Gasteiger partial charge in [-0.25, -0.2) is 4.98 Å². The first-order valence-electron chi connectivity index (χ1n) is 7.03. The lowest BCUT2D eigenvalue weighted by atomic mass is 10.1. The van der Waals surface area contributed by atoms with Gasteiger partial charge in [0.15, 0.2) is 4.62 Å². The van der Waals surface area contributed by atoms with Crippen molar-refractivity contribution in [2.75, 3.05) is 26.2 Å². The van der Waals surface area contributed by atoms with Gasteiger partial charge >= 0.3 is 0 Å². The maximum atomic E-state index is 9.94. The molecule has 1 unspecified atom stereocenters. The third kappa shape index (κ3) is 5.90. The predicted octanol–water partition coefficient (Wildman–Crippen LogP) is 2.65. The number of nitrogens with zero attached hydrogens (tertiary/aromatic N) is 3. The van der Waals surface area contributed by atoms with E-state index in [1.807, 2.05) is 0 Å². The van der Waals surface area contributed by atoms with Crippen LogP contribution in [0.15, 0.2) is 23.5 Å². The average molecular weight is 377 g/mol. The number of likely N-dealkylation sites (tertiary alicyclic amines) is 1. The number of aliphatic hydroxyl groups excluding tert-OH is 1. The van der Waals surface area contributed by atoms with E-state index in [1.165, 1.54) is 19.3 Å². The van der Waals surface area contributed by atoms with Gasteiger partial charge in [-0.05, 0) is 54.0 Å². The first-order chi connectivity index (χ1) is 10.1. The minimum atomic E-state index is -0.532. The second-order valence-corrected chi connectivity index (χ2v) is 6.20. The molecule has 1 aromatic rings. The number of hydrogen-bond donors (Lipinski definition) is 1. The number of pyridine rings is 1. The molecule has 1 atom stereocenters. The Labute approximate surface area is 138 Å². The maximum absolute atomic E-state index is 9.94. The van der Waals surface area contributed by atoms with E-state index < -0.39 is 6.10 Å². The molecule has 0 radical (unpaired) electrons. The third-order valence-corrected chi connectivity index (χ3v) is 4.12. The van der Waals surface area contributed by atoms with Crippen LogP contribution in [-0.2, 0) is 4.84 Å². The lowest BCUT2D eigenvalue weighted by Gasteiger charge is -2.27. The highest BCUT2D eigenvalue weighted by Crippen LogP contribution is 2.11. The summed E-state index contributed by atoms with van der Waals surface area (Å²) in [7, 11) is 0. The Morgan fingerprint density at radius 3 is 2.86 bits per heavy atom. The van der Waals surface area contributed by atoms with E-state index in [-0.39, 0.29) is 6.61 Å². The van der Waals surface area contributed by atoms with Crippen LogP contribution in [0.3, 0.4) is 0 Å².